The van der Waals surface area contributed by atoms with Gasteiger partial charge in [0.15, 0.2) is 0 Å². The van der Waals surface area contributed by atoms with Crippen LogP contribution in [0, 0.1) is 5.82 Å². The van der Waals surface area contributed by atoms with E-state index in [4.69, 9.17) is 22.2 Å². The fourth-order valence-corrected chi connectivity index (χ4v) is 2.19. The fourth-order valence-electron chi connectivity index (χ4n) is 2.00. The molecule has 5 heteroatoms. The quantitative estimate of drug-likeness (QED) is 0.656. The molecule has 0 saturated heterocycles. The van der Waals surface area contributed by atoms with Crippen molar-refractivity contribution in [3.63, 3.8) is 0 Å². The van der Waals surface area contributed by atoms with Crippen LogP contribution in [0.2, 0.25) is 5.02 Å². The second kappa shape index (κ2) is 6.70. The van der Waals surface area contributed by atoms with E-state index in [1.807, 2.05) is 31.2 Å². The third-order valence-electron chi connectivity index (χ3n) is 2.97. The van der Waals surface area contributed by atoms with Crippen molar-refractivity contribution < 1.29 is 9.13 Å². The van der Waals surface area contributed by atoms with Crippen molar-refractivity contribution in [1.29, 1.82) is 0 Å². The van der Waals surface area contributed by atoms with Crippen molar-refractivity contribution in [3.8, 4) is 5.75 Å². The molecule has 2 rings (SSSR count). The molecule has 0 aliphatic rings. The smallest absolute Gasteiger partial charge is 0.141 e. The summed E-state index contributed by atoms with van der Waals surface area (Å²) < 4.78 is 18.6. The molecule has 1 unspecified atom stereocenters. The van der Waals surface area contributed by atoms with Crippen LogP contribution in [0.4, 0.5) is 4.39 Å². The molecule has 3 N–H and O–H groups in total. The lowest BCUT2D eigenvalue weighted by Gasteiger charge is -2.17. The molecule has 106 valence electrons. The van der Waals surface area contributed by atoms with E-state index in [-0.39, 0.29) is 11.1 Å². The third kappa shape index (κ3) is 3.28. The van der Waals surface area contributed by atoms with Crippen LogP contribution in [-0.2, 0) is 0 Å². The molecule has 1 atom stereocenters. The lowest BCUT2D eigenvalue weighted by Crippen LogP contribution is -2.28. The Morgan fingerprint density at radius 1 is 1.20 bits per heavy atom. The summed E-state index contributed by atoms with van der Waals surface area (Å²) in [5.74, 6) is 5.95. The first-order valence-corrected chi connectivity index (χ1v) is 6.67. The Labute approximate surface area is 122 Å². The zero-order valence-electron chi connectivity index (χ0n) is 11.1. The molecule has 0 saturated carbocycles. The van der Waals surface area contributed by atoms with Crippen molar-refractivity contribution in [2.24, 2.45) is 5.84 Å². The molecule has 20 heavy (non-hydrogen) atoms. The van der Waals surface area contributed by atoms with Gasteiger partial charge < -0.3 is 4.74 Å². The summed E-state index contributed by atoms with van der Waals surface area (Å²) in [6.45, 7) is 2.55. The van der Waals surface area contributed by atoms with Gasteiger partial charge in [0.05, 0.1) is 17.7 Å². The summed E-state index contributed by atoms with van der Waals surface area (Å²) in [7, 11) is 0. The zero-order valence-corrected chi connectivity index (χ0v) is 11.8. The van der Waals surface area contributed by atoms with E-state index in [9.17, 15) is 4.39 Å². The Kier molecular flexibility index (Phi) is 4.95. The van der Waals surface area contributed by atoms with Gasteiger partial charge in [-0.1, -0.05) is 29.8 Å². The number of rotatable bonds is 5. The van der Waals surface area contributed by atoms with Gasteiger partial charge in [-0.3, -0.25) is 5.84 Å². The highest BCUT2D eigenvalue weighted by atomic mass is 35.5. The van der Waals surface area contributed by atoms with E-state index in [0.29, 0.717) is 6.61 Å². The maximum atomic E-state index is 13.2. The van der Waals surface area contributed by atoms with Crippen molar-refractivity contribution >= 4 is 11.6 Å². The van der Waals surface area contributed by atoms with Crippen LogP contribution in [0.15, 0.2) is 42.5 Å². The number of hydrogen-bond acceptors (Lipinski definition) is 3. The van der Waals surface area contributed by atoms with Gasteiger partial charge in [-0.15, -0.1) is 0 Å². The Balaban J connectivity index is 2.29. The van der Waals surface area contributed by atoms with Crippen LogP contribution in [0.1, 0.15) is 24.1 Å². The first-order valence-electron chi connectivity index (χ1n) is 6.29. The zero-order chi connectivity index (χ0) is 14.5. The molecule has 2 aromatic carbocycles. The van der Waals surface area contributed by atoms with E-state index in [0.717, 1.165) is 16.9 Å². The summed E-state index contributed by atoms with van der Waals surface area (Å²) >= 11 is 5.81. The van der Waals surface area contributed by atoms with Crippen molar-refractivity contribution in [2.45, 2.75) is 13.0 Å². The molecule has 2 aromatic rings. The fraction of sp³-hybridized carbons (Fsp3) is 0.200. The van der Waals surface area contributed by atoms with E-state index in [1.165, 1.54) is 6.07 Å². The van der Waals surface area contributed by atoms with Crippen LogP contribution >= 0.6 is 11.6 Å². The SMILES string of the molecule is CCOc1ccc(C(NN)c2ccc(F)c(Cl)c2)cc1. The molecular weight excluding hydrogens is 279 g/mol. The third-order valence-corrected chi connectivity index (χ3v) is 3.26. The molecule has 0 spiro atoms. The van der Waals surface area contributed by atoms with E-state index < -0.39 is 5.82 Å². The minimum absolute atomic E-state index is 0.0775. The Hall–Kier alpha value is -1.62. The molecular formula is C15H16ClFN2O. The maximum Gasteiger partial charge on any atom is 0.141 e. The standard InChI is InChI=1S/C15H16ClFN2O/c1-2-20-12-6-3-10(4-7-12)15(19-18)11-5-8-14(17)13(16)9-11/h3-9,15,19H,2,18H2,1H3. The highest BCUT2D eigenvalue weighted by molar-refractivity contribution is 6.30. The molecule has 0 radical (unpaired) electrons. The number of halogens is 2. The lowest BCUT2D eigenvalue weighted by atomic mass is 9.99. The molecule has 0 aliphatic heterocycles. The van der Waals surface area contributed by atoms with Gasteiger partial charge in [0.1, 0.15) is 11.6 Å². The summed E-state index contributed by atoms with van der Waals surface area (Å²) in [5.41, 5.74) is 4.45. The topological polar surface area (TPSA) is 47.3 Å². The highest BCUT2D eigenvalue weighted by Crippen LogP contribution is 2.26. The second-order valence-electron chi connectivity index (χ2n) is 4.28. The monoisotopic (exact) mass is 294 g/mol. The van der Waals surface area contributed by atoms with Crippen molar-refractivity contribution in [1.82, 2.24) is 5.43 Å². The van der Waals surface area contributed by atoms with E-state index in [2.05, 4.69) is 5.43 Å². The number of nitrogens with two attached hydrogens (primary N) is 1. The first kappa shape index (κ1) is 14.8. The number of hydrogen-bond donors (Lipinski definition) is 2. The Morgan fingerprint density at radius 3 is 2.40 bits per heavy atom. The number of benzene rings is 2. The van der Waals surface area contributed by atoms with E-state index >= 15 is 0 Å². The highest BCUT2D eigenvalue weighted by Gasteiger charge is 2.14. The predicted molar refractivity (Wildman–Crippen MR) is 78.2 cm³/mol. The normalized spacial score (nSPS) is 12.2. The van der Waals surface area contributed by atoms with Crippen molar-refractivity contribution in [3.05, 3.63) is 64.4 Å². The van der Waals surface area contributed by atoms with Gasteiger partial charge >= 0.3 is 0 Å². The van der Waals surface area contributed by atoms with Crippen LogP contribution < -0.4 is 16.0 Å². The first-order chi connectivity index (χ1) is 9.65. The molecule has 0 bridgehead atoms. The van der Waals surface area contributed by atoms with Gasteiger partial charge in [-0.2, -0.15) is 0 Å². The maximum absolute atomic E-state index is 13.2. The van der Waals surface area contributed by atoms with Crippen LogP contribution in [0.25, 0.3) is 0 Å². The van der Waals surface area contributed by atoms with Crippen LogP contribution in [-0.4, -0.2) is 6.61 Å². The average Bonchev–Trinajstić information content (AvgIpc) is 2.46. The van der Waals surface area contributed by atoms with Gasteiger partial charge in [0, 0.05) is 0 Å². The lowest BCUT2D eigenvalue weighted by molar-refractivity contribution is 0.340. The molecule has 0 amide bonds. The number of nitrogens with one attached hydrogen (secondary N) is 1. The number of hydrazine groups is 1. The molecule has 3 nitrogen and oxygen atoms in total. The summed E-state index contributed by atoms with van der Waals surface area (Å²) in [6, 6.07) is 11.8. The summed E-state index contributed by atoms with van der Waals surface area (Å²) in [4.78, 5) is 0. The predicted octanol–water partition coefficient (Wildman–Crippen LogP) is 3.43. The minimum Gasteiger partial charge on any atom is -0.494 e. The second-order valence-corrected chi connectivity index (χ2v) is 4.68. The van der Waals surface area contributed by atoms with Gasteiger partial charge in [0.2, 0.25) is 0 Å². The molecule has 0 aliphatic carbocycles. The number of ether oxygens (including phenoxy) is 1. The van der Waals surface area contributed by atoms with Gasteiger partial charge in [-0.25, -0.2) is 9.82 Å². The van der Waals surface area contributed by atoms with Gasteiger partial charge in [0.25, 0.3) is 0 Å². The summed E-state index contributed by atoms with van der Waals surface area (Å²) in [5, 5.41) is 0.0775. The molecule has 0 aromatic heterocycles. The van der Waals surface area contributed by atoms with Crippen LogP contribution in [0.3, 0.4) is 0 Å². The summed E-state index contributed by atoms with van der Waals surface area (Å²) in [6.07, 6.45) is 0. The van der Waals surface area contributed by atoms with Crippen molar-refractivity contribution in [2.75, 3.05) is 6.61 Å². The molecule has 0 heterocycles. The van der Waals surface area contributed by atoms with E-state index in [1.54, 1.807) is 12.1 Å². The Morgan fingerprint density at radius 2 is 1.85 bits per heavy atom. The van der Waals surface area contributed by atoms with Gasteiger partial charge in [-0.05, 0) is 42.3 Å². The largest absolute Gasteiger partial charge is 0.494 e. The Bertz CT molecular complexity index is 575. The molecule has 0 fully saturated rings. The minimum atomic E-state index is -0.446. The average molecular weight is 295 g/mol. The van der Waals surface area contributed by atoms with Crippen LogP contribution in [0.5, 0.6) is 5.75 Å².